The Labute approximate surface area is 179 Å². The average Bonchev–Trinajstić information content (AvgIpc) is 3.63. The third-order valence-corrected chi connectivity index (χ3v) is 7.07. The zero-order chi connectivity index (χ0) is 21.1. The van der Waals surface area contributed by atoms with E-state index in [4.69, 9.17) is 9.47 Å². The minimum Gasteiger partial charge on any atom is -0.481 e. The van der Waals surface area contributed by atoms with Gasteiger partial charge in [-0.2, -0.15) is 4.98 Å². The molecule has 1 aliphatic heterocycles. The molecule has 1 aromatic rings. The number of fused-ring (bicyclic) bond motifs is 1. The molecule has 0 aromatic carbocycles. The van der Waals surface area contributed by atoms with Crippen LogP contribution in [0.3, 0.4) is 0 Å². The Balaban J connectivity index is 1.54. The molecule has 0 spiro atoms. The van der Waals surface area contributed by atoms with Crippen molar-refractivity contribution in [3.8, 4) is 11.8 Å². The van der Waals surface area contributed by atoms with Gasteiger partial charge in [0.1, 0.15) is 6.04 Å². The van der Waals surface area contributed by atoms with Gasteiger partial charge in [0.25, 0.3) is 0 Å². The van der Waals surface area contributed by atoms with Crippen molar-refractivity contribution in [2.75, 3.05) is 27.4 Å². The van der Waals surface area contributed by atoms with Crippen LogP contribution in [0.5, 0.6) is 11.8 Å². The first-order valence-electron chi connectivity index (χ1n) is 11.4. The highest BCUT2D eigenvalue weighted by atomic mass is 16.5. The molecule has 30 heavy (non-hydrogen) atoms. The summed E-state index contributed by atoms with van der Waals surface area (Å²) >= 11 is 0. The molecule has 2 heterocycles. The van der Waals surface area contributed by atoms with Gasteiger partial charge in [0, 0.05) is 36.8 Å². The summed E-state index contributed by atoms with van der Waals surface area (Å²) in [6.45, 7) is 1.20. The van der Waals surface area contributed by atoms with Crippen molar-refractivity contribution in [3.05, 3.63) is 17.7 Å². The summed E-state index contributed by atoms with van der Waals surface area (Å²) in [5, 5.41) is 10.3. The molecule has 7 heteroatoms. The largest absolute Gasteiger partial charge is 0.481 e. The molecule has 0 bridgehead atoms. The number of piperidine rings is 1. The number of ether oxygens (including phenoxy) is 2. The lowest BCUT2D eigenvalue weighted by molar-refractivity contribution is -0.145. The first-order valence-corrected chi connectivity index (χ1v) is 11.4. The fourth-order valence-corrected chi connectivity index (χ4v) is 5.37. The van der Waals surface area contributed by atoms with Crippen molar-refractivity contribution in [3.63, 3.8) is 0 Å². The van der Waals surface area contributed by atoms with Gasteiger partial charge in [-0.25, -0.2) is 0 Å². The Bertz CT molecular complexity index is 737. The SMILES string of the molecule is COc1ccc(CN(C2CC2)[C@H](CO)C(=O)N2CCC[C@H]3CCCC[C@@H]32)c(OC)n1. The number of rotatable bonds is 8. The van der Waals surface area contributed by atoms with E-state index in [0.29, 0.717) is 36.3 Å². The fourth-order valence-electron chi connectivity index (χ4n) is 5.37. The molecule has 166 valence electrons. The highest BCUT2D eigenvalue weighted by Gasteiger charge is 2.43. The van der Waals surface area contributed by atoms with E-state index in [1.165, 1.54) is 25.7 Å². The number of nitrogens with zero attached hydrogens (tertiary/aromatic N) is 3. The Morgan fingerprint density at radius 2 is 1.93 bits per heavy atom. The predicted octanol–water partition coefficient (Wildman–Crippen LogP) is 2.61. The van der Waals surface area contributed by atoms with Gasteiger partial charge >= 0.3 is 0 Å². The molecule has 0 radical (unpaired) electrons. The van der Waals surface area contributed by atoms with Crippen molar-refractivity contribution in [1.82, 2.24) is 14.8 Å². The number of hydrogen-bond donors (Lipinski definition) is 1. The molecule has 1 saturated heterocycles. The molecular weight excluding hydrogens is 382 g/mol. The molecule has 3 atom stereocenters. The van der Waals surface area contributed by atoms with Crippen LogP contribution in [0.2, 0.25) is 0 Å². The summed E-state index contributed by atoms with van der Waals surface area (Å²) in [7, 11) is 3.17. The molecule has 2 saturated carbocycles. The molecule has 1 amide bonds. The minimum atomic E-state index is -0.509. The summed E-state index contributed by atoms with van der Waals surface area (Å²) in [4.78, 5) is 22.3. The van der Waals surface area contributed by atoms with Crippen LogP contribution in [-0.2, 0) is 11.3 Å². The summed E-state index contributed by atoms with van der Waals surface area (Å²) in [6.07, 6.45) is 9.25. The number of pyridine rings is 1. The first kappa shape index (κ1) is 21.4. The number of aliphatic hydroxyl groups is 1. The Hall–Kier alpha value is -1.86. The number of carbonyl (C=O) groups is 1. The zero-order valence-electron chi connectivity index (χ0n) is 18.3. The summed E-state index contributed by atoms with van der Waals surface area (Å²) in [5.41, 5.74) is 0.908. The van der Waals surface area contributed by atoms with E-state index in [1.807, 2.05) is 12.1 Å². The normalized spacial score (nSPS) is 25.0. The van der Waals surface area contributed by atoms with E-state index in [0.717, 1.165) is 37.8 Å². The van der Waals surface area contributed by atoms with Crippen LogP contribution in [0.15, 0.2) is 12.1 Å². The second kappa shape index (κ2) is 9.52. The molecule has 1 aromatic heterocycles. The summed E-state index contributed by atoms with van der Waals surface area (Å²) in [6, 6.07) is 3.93. The Morgan fingerprint density at radius 3 is 2.63 bits per heavy atom. The Morgan fingerprint density at radius 1 is 1.17 bits per heavy atom. The van der Waals surface area contributed by atoms with Crippen LogP contribution in [0.1, 0.15) is 56.9 Å². The summed E-state index contributed by atoms with van der Waals surface area (Å²) < 4.78 is 10.7. The molecule has 7 nitrogen and oxygen atoms in total. The molecule has 2 aliphatic carbocycles. The molecular formula is C23H35N3O4. The van der Waals surface area contributed by atoms with Crippen molar-refractivity contribution in [1.29, 1.82) is 0 Å². The van der Waals surface area contributed by atoms with Crippen LogP contribution in [0.4, 0.5) is 0 Å². The lowest BCUT2D eigenvalue weighted by atomic mass is 9.78. The summed E-state index contributed by atoms with van der Waals surface area (Å²) in [5.74, 6) is 1.74. The number of hydrogen-bond acceptors (Lipinski definition) is 6. The van der Waals surface area contributed by atoms with E-state index < -0.39 is 6.04 Å². The van der Waals surface area contributed by atoms with Crippen LogP contribution < -0.4 is 9.47 Å². The van der Waals surface area contributed by atoms with E-state index >= 15 is 0 Å². The van der Waals surface area contributed by atoms with Gasteiger partial charge < -0.3 is 19.5 Å². The average molecular weight is 418 g/mol. The number of amides is 1. The van der Waals surface area contributed by atoms with Crippen LogP contribution in [0, 0.1) is 5.92 Å². The van der Waals surface area contributed by atoms with Crippen molar-refractivity contribution < 1.29 is 19.4 Å². The predicted molar refractivity (Wildman–Crippen MR) is 113 cm³/mol. The van der Waals surface area contributed by atoms with E-state index in [9.17, 15) is 9.90 Å². The molecule has 0 unspecified atom stereocenters. The number of aromatic nitrogens is 1. The standard InChI is InChI=1S/C23H35N3O4/c1-29-21-12-9-17(22(24-21)30-2)14-26(18-10-11-18)20(15-27)23(28)25-13-5-7-16-6-3-4-8-19(16)25/h9,12,16,18-20,27H,3-8,10-11,13-15H2,1-2H3/t16-,19+,20-/m1/s1. The van der Waals surface area contributed by atoms with Crippen LogP contribution in [0.25, 0.3) is 0 Å². The third-order valence-electron chi connectivity index (χ3n) is 7.07. The van der Waals surface area contributed by atoms with E-state index in [1.54, 1.807) is 14.2 Å². The number of carbonyl (C=O) groups excluding carboxylic acids is 1. The quantitative estimate of drug-likeness (QED) is 0.701. The maximum atomic E-state index is 13.7. The second-order valence-electron chi connectivity index (χ2n) is 8.91. The monoisotopic (exact) mass is 417 g/mol. The van der Waals surface area contributed by atoms with Gasteiger partial charge in [-0.1, -0.05) is 12.8 Å². The van der Waals surface area contributed by atoms with Gasteiger partial charge in [-0.3, -0.25) is 9.69 Å². The number of likely N-dealkylation sites (tertiary alicyclic amines) is 1. The second-order valence-corrected chi connectivity index (χ2v) is 8.91. The minimum absolute atomic E-state index is 0.0986. The van der Waals surface area contributed by atoms with Gasteiger partial charge in [-0.15, -0.1) is 0 Å². The maximum Gasteiger partial charge on any atom is 0.242 e. The fraction of sp³-hybridized carbons (Fsp3) is 0.739. The zero-order valence-corrected chi connectivity index (χ0v) is 18.3. The molecule has 1 N–H and O–H groups in total. The van der Waals surface area contributed by atoms with Gasteiger partial charge in [0.15, 0.2) is 0 Å². The smallest absolute Gasteiger partial charge is 0.242 e. The van der Waals surface area contributed by atoms with Gasteiger partial charge in [0.05, 0.1) is 20.8 Å². The van der Waals surface area contributed by atoms with Crippen molar-refractivity contribution >= 4 is 5.91 Å². The van der Waals surface area contributed by atoms with Crippen LogP contribution in [-0.4, -0.2) is 71.3 Å². The van der Waals surface area contributed by atoms with E-state index in [-0.39, 0.29) is 12.5 Å². The first-order chi connectivity index (χ1) is 14.7. The Kier molecular flexibility index (Phi) is 6.78. The molecule has 3 fully saturated rings. The van der Waals surface area contributed by atoms with Gasteiger partial charge in [-0.05, 0) is 50.5 Å². The lowest BCUT2D eigenvalue weighted by Gasteiger charge is -2.46. The lowest BCUT2D eigenvalue weighted by Crippen LogP contribution is -2.57. The topological polar surface area (TPSA) is 75.1 Å². The number of methoxy groups -OCH3 is 2. The van der Waals surface area contributed by atoms with Crippen LogP contribution >= 0.6 is 0 Å². The maximum absolute atomic E-state index is 13.7. The molecule has 4 rings (SSSR count). The third kappa shape index (κ3) is 4.42. The van der Waals surface area contributed by atoms with Crippen molar-refractivity contribution in [2.45, 2.75) is 76.0 Å². The highest BCUT2D eigenvalue weighted by Crippen LogP contribution is 2.37. The molecule has 3 aliphatic rings. The number of aliphatic hydroxyl groups excluding tert-OH is 1. The van der Waals surface area contributed by atoms with Gasteiger partial charge in [0.2, 0.25) is 17.7 Å². The van der Waals surface area contributed by atoms with Crippen molar-refractivity contribution in [2.24, 2.45) is 5.92 Å². The van der Waals surface area contributed by atoms with E-state index in [2.05, 4.69) is 14.8 Å². The highest BCUT2D eigenvalue weighted by molar-refractivity contribution is 5.82.